The van der Waals surface area contributed by atoms with Gasteiger partial charge in [0.1, 0.15) is 5.82 Å². The molecule has 0 aliphatic carbocycles. The van der Waals surface area contributed by atoms with Crippen LogP contribution in [-0.4, -0.2) is 14.5 Å². The number of fused-ring (bicyclic) bond motifs is 1. The first kappa shape index (κ1) is 12.7. The highest BCUT2D eigenvalue weighted by Gasteiger charge is 2.12. The molecule has 0 spiro atoms. The van der Waals surface area contributed by atoms with Gasteiger partial charge in [0.15, 0.2) is 0 Å². The Balaban J connectivity index is 1.92. The molecule has 4 heteroatoms. The summed E-state index contributed by atoms with van der Waals surface area (Å²) in [6.07, 6.45) is 8.68. The third-order valence-corrected chi connectivity index (χ3v) is 3.70. The maximum Gasteiger partial charge on any atom is 0.140 e. The van der Waals surface area contributed by atoms with Gasteiger partial charge in [0.05, 0.1) is 17.4 Å². The summed E-state index contributed by atoms with van der Waals surface area (Å²) in [5.74, 6) is -0.229. The molecule has 4 rings (SSSR count). The molecule has 106 valence electrons. The highest BCUT2D eigenvalue weighted by molar-refractivity contribution is 5.87. The maximum absolute atomic E-state index is 14.8. The molecule has 22 heavy (non-hydrogen) atoms. The third kappa shape index (κ3) is 1.97. The molecule has 0 aliphatic heterocycles. The van der Waals surface area contributed by atoms with Crippen molar-refractivity contribution >= 4 is 10.9 Å². The largest absolute Gasteiger partial charge is 0.315 e. The first-order chi connectivity index (χ1) is 10.8. The molecule has 3 aromatic heterocycles. The molecular formula is C18H12FN3. The highest BCUT2D eigenvalue weighted by atomic mass is 19.1. The summed E-state index contributed by atoms with van der Waals surface area (Å²) in [6.45, 7) is 0. The van der Waals surface area contributed by atoms with Crippen LogP contribution in [0.25, 0.3) is 27.7 Å². The van der Waals surface area contributed by atoms with Crippen LogP contribution in [0.2, 0.25) is 0 Å². The fourth-order valence-corrected chi connectivity index (χ4v) is 2.65. The average molecular weight is 289 g/mol. The van der Waals surface area contributed by atoms with E-state index in [0.29, 0.717) is 10.9 Å². The predicted octanol–water partition coefficient (Wildman–Crippen LogP) is 4.23. The SMILES string of the molecule is Fc1c(-c2cccnc2)ccc2c1ccn2-c1cccnc1. The first-order valence-electron chi connectivity index (χ1n) is 6.95. The van der Waals surface area contributed by atoms with Crippen LogP contribution in [0.15, 0.2) is 73.4 Å². The monoisotopic (exact) mass is 289 g/mol. The fraction of sp³-hybridized carbons (Fsp3) is 0. The van der Waals surface area contributed by atoms with E-state index in [1.165, 1.54) is 0 Å². The van der Waals surface area contributed by atoms with Gasteiger partial charge in [-0.2, -0.15) is 0 Å². The smallest absolute Gasteiger partial charge is 0.140 e. The quantitative estimate of drug-likeness (QED) is 0.553. The van der Waals surface area contributed by atoms with Gasteiger partial charge in [-0.1, -0.05) is 6.07 Å². The molecular weight excluding hydrogens is 277 g/mol. The Morgan fingerprint density at radius 2 is 1.68 bits per heavy atom. The first-order valence-corrected chi connectivity index (χ1v) is 6.95. The summed E-state index contributed by atoms with van der Waals surface area (Å²) in [5, 5.41) is 0.588. The van der Waals surface area contributed by atoms with E-state index in [-0.39, 0.29) is 5.82 Å². The minimum atomic E-state index is -0.229. The normalized spacial score (nSPS) is 11.0. The van der Waals surface area contributed by atoms with Gasteiger partial charge in [-0.3, -0.25) is 9.97 Å². The second kappa shape index (κ2) is 5.07. The van der Waals surface area contributed by atoms with Crippen molar-refractivity contribution in [3.63, 3.8) is 0 Å². The summed E-state index contributed by atoms with van der Waals surface area (Å²) < 4.78 is 16.8. The van der Waals surface area contributed by atoms with Crippen molar-refractivity contribution < 1.29 is 4.39 Å². The molecule has 0 fully saturated rings. The number of hydrogen-bond donors (Lipinski definition) is 0. The Morgan fingerprint density at radius 3 is 2.41 bits per heavy atom. The van der Waals surface area contributed by atoms with Gasteiger partial charge in [0, 0.05) is 41.3 Å². The lowest BCUT2D eigenvalue weighted by molar-refractivity contribution is 0.643. The second-order valence-electron chi connectivity index (χ2n) is 5.00. The van der Waals surface area contributed by atoms with Crippen LogP contribution < -0.4 is 0 Å². The van der Waals surface area contributed by atoms with Gasteiger partial charge in [-0.25, -0.2) is 4.39 Å². The molecule has 0 bridgehead atoms. The van der Waals surface area contributed by atoms with Gasteiger partial charge >= 0.3 is 0 Å². The van der Waals surface area contributed by atoms with Crippen molar-refractivity contribution in [3.8, 4) is 16.8 Å². The van der Waals surface area contributed by atoms with Crippen molar-refractivity contribution in [3.05, 3.63) is 79.3 Å². The van der Waals surface area contributed by atoms with Gasteiger partial charge in [0.25, 0.3) is 0 Å². The summed E-state index contributed by atoms with van der Waals surface area (Å²) in [4.78, 5) is 8.17. The zero-order chi connectivity index (χ0) is 14.9. The second-order valence-corrected chi connectivity index (χ2v) is 5.00. The number of nitrogens with zero attached hydrogens (tertiary/aromatic N) is 3. The molecule has 4 aromatic rings. The lowest BCUT2D eigenvalue weighted by atomic mass is 10.0. The lowest BCUT2D eigenvalue weighted by Crippen LogP contribution is -1.93. The number of pyridine rings is 2. The van der Waals surface area contributed by atoms with E-state index in [9.17, 15) is 4.39 Å². The number of hydrogen-bond acceptors (Lipinski definition) is 2. The number of aromatic nitrogens is 3. The van der Waals surface area contributed by atoms with Crippen molar-refractivity contribution in [2.45, 2.75) is 0 Å². The van der Waals surface area contributed by atoms with Crippen LogP contribution in [0.3, 0.4) is 0 Å². The molecule has 0 atom stereocenters. The van der Waals surface area contributed by atoms with Gasteiger partial charge in [-0.05, 0) is 36.4 Å². The molecule has 1 aromatic carbocycles. The molecule has 0 N–H and O–H groups in total. The van der Waals surface area contributed by atoms with Gasteiger partial charge in [0.2, 0.25) is 0 Å². The zero-order valence-electron chi connectivity index (χ0n) is 11.6. The van der Waals surface area contributed by atoms with Crippen molar-refractivity contribution in [1.29, 1.82) is 0 Å². The van der Waals surface area contributed by atoms with Crippen LogP contribution in [0.1, 0.15) is 0 Å². The topological polar surface area (TPSA) is 30.7 Å². The Hall–Kier alpha value is -3.01. The Bertz CT molecular complexity index is 931. The molecule has 3 nitrogen and oxygen atoms in total. The minimum absolute atomic E-state index is 0.229. The van der Waals surface area contributed by atoms with Crippen molar-refractivity contribution in [1.82, 2.24) is 14.5 Å². The van der Waals surface area contributed by atoms with E-state index in [0.717, 1.165) is 16.8 Å². The molecule has 3 heterocycles. The Labute approximate surface area is 126 Å². The summed E-state index contributed by atoms with van der Waals surface area (Å²) in [5.41, 5.74) is 3.06. The Morgan fingerprint density at radius 1 is 0.864 bits per heavy atom. The average Bonchev–Trinajstić information content (AvgIpc) is 3.02. The molecule has 0 unspecified atom stereocenters. The van der Waals surface area contributed by atoms with Gasteiger partial charge < -0.3 is 4.57 Å². The third-order valence-electron chi connectivity index (χ3n) is 3.70. The van der Waals surface area contributed by atoms with E-state index < -0.39 is 0 Å². The summed E-state index contributed by atoms with van der Waals surface area (Å²) in [6, 6.07) is 13.0. The van der Waals surface area contributed by atoms with Crippen LogP contribution in [0, 0.1) is 5.82 Å². The fourth-order valence-electron chi connectivity index (χ4n) is 2.65. The molecule has 0 saturated carbocycles. The summed E-state index contributed by atoms with van der Waals surface area (Å²) in [7, 11) is 0. The van der Waals surface area contributed by atoms with Crippen molar-refractivity contribution in [2.75, 3.05) is 0 Å². The van der Waals surface area contributed by atoms with Crippen LogP contribution in [0.5, 0.6) is 0 Å². The van der Waals surface area contributed by atoms with E-state index in [4.69, 9.17) is 0 Å². The molecule has 0 saturated heterocycles. The van der Waals surface area contributed by atoms with Crippen LogP contribution in [-0.2, 0) is 0 Å². The van der Waals surface area contributed by atoms with Gasteiger partial charge in [-0.15, -0.1) is 0 Å². The van der Waals surface area contributed by atoms with E-state index in [2.05, 4.69) is 9.97 Å². The number of rotatable bonds is 2. The Kier molecular flexibility index (Phi) is 2.93. The highest BCUT2D eigenvalue weighted by Crippen LogP contribution is 2.30. The lowest BCUT2D eigenvalue weighted by Gasteiger charge is -2.07. The predicted molar refractivity (Wildman–Crippen MR) is 84.3 cm³/mol. The minimum Gasteiger partial charge on any atom is -0.315 e. The molecule has 0 amide bonds. The van der Waals surface area contributed by atoms with E-state index in [1.54, 1.807) is 43.0 Å². The van der Waals surface area contributed by atoms with E-state index >= 15 is 0 Å². The summed E-state index contributed by atoms with van der Waals surface area (Å²) >= 11 is 0. The zero-order valence-corrected chi connectivity index (χ0v) is 11.6. The number of benzene rings is 1. The maximum atomic E-state index is 14.8. The standard InChI is InChI=1S/C18H12FN3/c19-18-15(13-3-1-8-20-11-13)5-6-17-16(18)7-10-22(17)14-4-2-9-21-12-14/h1-12H. The number of halogens is 1. The van der Waals surface area contributed by atoms with Crippen molar-refractivity contribution in [2.24, 2.45) is 0 Å². The van der Waals surface area contributed by atoms with Crippen LogP contribution in [0.4, 0.5) is 4.39 Å². The molecule has 0 aliphatic rings. The molecule has 0 radical (unpaired) electrons. The van der Waals surface area contributed by atoms with Crippen LogP contribution >= 0.6 is 0 Å². The van der Waals surface area contributed by atoms with E-state index in [1.807, 2.05) is 35.0 Å².